The summed E-state index contributed by atoms with van der Waals surface area (Å²) in [5.41, 5.74) is 7.13. The van der Waals surface area contributed by atoms with Crippen LogP contribution >= 0.6 is 11.3 Å². The van der Waals surface area contributed by atoms with Gasteiger partial charge in [0.05, 0.1) is 30.2 Å². The number of phenolic OH excluding ortho intramolecular Hbond substituents is 1. The first-order chi connectivity index (χ1) is 15.0. The Morgan fingerprint density at radius 1 is 1.35 bits per heavy atom. The molecule has 8 nitrogen and oxygen atoms in total. The zero-order valence-electron chi connectivity index (χ0n) is 16.9. The number of methoxy groups -OCH3 is 1. The van der Waals surface area contributed by atoms with Crippen molar-refractivity contribution < 1.29 is 19.4 Å². The lowest BCUT2D eigenvalue weighted by Gasteiger charge is -2.19. The van der Waals surface area contributed by atoms with E-state index in [2.05, 4.69) is 22.3 Å². The standard InChI is InChI=1S/C22H22N4O4S/c1-14(15-3-6-17(27)7-4-15)25-26-19(13-31-22(26)23-9-10-29-2)16-5-8-20-18(11-16)24-21(28)12-30-20/h3-8,11,13,25,27H,1,9-10,12H2,2H3,(H,24,28). The monoisotopic (exact) mass is 438 g/mol. The number of thiazole rings is 1. The molecule has 0 fully saturated rings. The number of carbonyl (C=O) groups excluding carboxylic acids is 1. The second-order valence-electron chi connectivity index (χ2n) is 6.80. The van der Waals surface area contributed by atoms with E-state index in [1.54, 1.807) is 31.4 Å². The Kier molecular flexibility index (Phi) is 6.06. The van der Waals surface area contributed by atoms with Crippen molar-refractivity contribution in [2.75, 3.05) is 37.6 Å². The molecule has 1 aromatic heterocycles. The van der Waals surface area contributed by atoms with Crippen LogP contribution in [0.2, 0.25) is 0 Å². The maximum Gasteiger partial charge on any atom is 0.262 e. The molecule has 1 amide bonds. The van der Waals surface area contributed by atoms with Gasteiger partial charge in [0.2, 0.25) is 4.80 Å². The molecule has 0 saturated heterocycles. The molecule has 0 saturated carbocycles. The third-order valence-electron chi connectivity index (χ3n) is 4.62. The van der Waals surface area contributed by atoms with Gasteiger partial charge in [-0.25, -0.2) is 4.68 Å². The number of phenols is 1. The van der Waals surface area contributed by atoms with Gasteiger partial charge in [-0.1, -0.05) is 6.58 Å². The smallest absolute Gasteiger partial charge is 0.262 e. The quantitative estimate of drug-likeness (QED) is 0.493. The van der Waals surface area contributed by atoms with Crippen molar-refractivity contribution >= 4 is 28.6 Å². The highest BCUT2D eigenvalue weighted by Crippen LogP contribution is 2.33. The van der Waals surface area contributed by atoms with Crippen LogP contribution in [0.3, 0.4) is 0 Å². The molecule has 0 unspecified atom stereocenters. The van der Waals surface area contributed by atoms with E-state index in [1.807, 2.05) is 28.3 Å². The highest BCUT2D eigenvalue weighted by molar-refractivity contribution is 7.07. The number of aromatic hydroxyl groups is 1. The normalized spacial score (nSPS) is 13.3. The SMILES string of the molecule is C=C(Nn1c(-c2ccc3c(c2)NC(=O)CO3)csc1=NCCOC)c1ccc(O)cc1. The Morgan fingerprint density at radius 2 is 2.16 bits per heavy atom. The van der Waals surface area contributed by atoms with Crippen LogP contribution in [-0.4, -0.2) is 42.6 Å². The first-order valence-corrected chi connectivity index (χ1v) is 10.5. The molecular weight excluding hydrogens is 416 g/mol. The fourth-order valence-corrected chi connectivity index (χ4v) is 3.94. The first kappa shape index (κ1) is 20.7. The van der Waals surface area contributed by atoms with Crippen molar-refractivity contribution in [3.05, 3.63) is 64.8 Å². The average molecular weight is 439 g/mol. The molecule has 2 heterocycles. The molecule has 4 rings (SSSR count). The molecule has 3 N–H and O–H groups in total. The van der Waals surface area contributed by atoms with E-state index < -0.39 is 0 Å². The lowest BCUT2D eigenvalue weighted by Crippen LogP contribution is -2.26. The van der Waals surface area contributed by atoms with E-state index in [4.69, 9.17) is 9.47 Å². The summed E-state index contributed by atoms with van der Waals surface area (Å²) in [5.74, 6) is 0.641. The summed E-state index contributed by atoms with van der Waals surface area (Å²) < 4.78 is 12.4. The Hall–Kier alpha value is -3.56. The van der Waals surface area contributed by atoms with Crippen molar-refractivity contribution in [3.63, 3.8) is 0 Å². The molecule has 0 aliphatic carbocycles. The lowest BCUT2D eigenvalue weighted by atomic mass is 10.1. The van der Waals surface area contributed by atoms with Crippen molar-refractivity contribution in [2.45, 2.75) is 0 Å². The van der Waals surface area contributed by atoms with Crippen molar-refractivity contribution in [3.8, 4) is 22.8 Å². The van der Waals surface area contributed by atoms with E-state index in [-0.39, 0.29) is 18.3 Å². The molecule has 31 heavy (non-hydrogen) atoms. The largest absolute Gasteiger partial charge is 0.508 e. The molecule has 2 aromatic carbocycles. The van der Waals surface area contributed by atoms with E-state index in [0.717, 1.165) is 21.6 Å². The molecule has 1 aliphatic heterocycles. The molecule has 0 spiro atoms. The molecular formula is C22H22N4O4S. The van der Waals surface area contributed by atoms with E-state index >= 15 is 0 Å². The number of benzene rings is 2. The molecule has 0 bridgehead atoms. The third kappa shape index (κ3) is 4.62. The highest BCUT2D eigenvalue weighted by atomic mass is 32.1. The average Bonchev–Trinajstić information content (AvgIpc) is 3.16. The van der Waals surface area contributed by atoms with Gasteiger partial charge in [0.25, 0.3) is 5.91 Å². The summed E-state index contributed by atoms with van der Waals surface area (Å²) in [4.78, 5) is 17.1. The molecule has 0 atom stereocenters. The van der Waals surface area contributed by atoms with Crippen LogP contribution in [0.4, 0.5) is 5.69 Å². The van der Waals surface area contributed by atoms with E-state index in [9.17, 15) is 9.90 Å². The predicted octanol–water partition coefficient (Wildman–Crippen LogP) is 3.01. The van der Waals surface area contributed by atoms with Crippen molar-refractivity contribution in [1.29, 1.82) is 0 Å². The van der Waals surface area contributed by atoms with Crippen LogP contribution < -0.4 is 20.3 Å². The van der Waals surface area contributed by atoms with Crippen molar-refractivity contribution in [1.82, 2.24) is 4.68 Å². The number of rotatable bonds is 7. The Bertz CT molecular complexity index is 1180. The molecule has 9 heteroatoms. The zero-order valence-corrected chi connectivity index (χ0v) is 17.7. The minimum absolute atomic E-state index is 0.0152. The number of ether oxygens (including phenoxy) is 2. The lowest BCUT2D eigenvalue weighted by molar-refractivity contribution is -0.118. The predicted molar refractivity (Wildman–Crippen MR) is 121 cm³/mol. The molecule has 3 aromatic rings. The highest BCUT2D eigenvalue weighted by Gasteiger charge is 2.18. The van der Waals surface area contributed by atoms with Gasteiger partial charge < -0.3 is 19.9 Å². The van der Waals surface area contributed by atoms with E-state index in [1.165, 1.54) is 11.3 Å². The molecule has 1 aliphatic rings. The van der Waals surface area contributed by atoms with Gasteiger partial charge in [0.15, 0.2) is 6.61 Å². The first-order valence-electron chi connectivity index (χ1n) is 9.57. The fraction of sp³-hybridized carbons (Fsp3) is 0.182. The summed E-state index contributed by atoms with van der Waals surface area (Å²) in [6.45, 7) is 5.17. The van der Waals surface area contributed by atoms with E-state index in [0.29, 0.717) is 30.3 Å². The third-order valence-corrected chi connectivity index (χ3v) is 5.48. The summed E-state index contributed by atoms with van der Waals surface area (Å²) in [7, 11) is 1.64. The van der Waals surface area contributed by atoms with Crippen molar-refractivity contribution in [2.24, 2.45) is 4.99 Å². The summed E-state index contributed by atoms with van der Waals surface area (Å²) in [6, 6.07) is 12.4. The molecule has 160 valence electrons. The minimum atomic E-state index is -0.183. The number of hydrogen-bond donors (Lipinski definition) is 3. The van der Waals surface area contributed by atoms with Crippen LogP contribution in [0.25, 0.3) is 17.0 Å². The van der Waals surface area contributed by atoms with Gasteiger partial charge >= 0.3 is 0 Å². The van der Waals surface area contributed by atoms with Crippen LogP contribution in [0.1, 0.15) is 5.56 Å². The summed E-state index contributed by atoms with van der Waals surface area (Å²) in [5, 5.41) is 14.4. The number of nitrogens with one attached hydrogen (secondary N) is 2. The van der Waals surface area contributed by atoms with Gasteiger partial charge in [0, 0.05) is 18.1 Å². The number of aromatic nitrogens is 1. The maximum absolute atomic E-state index is 11.7. The summed E-state index contributed by atoms with van der Waals surface area (Å²) in [6.07, 6.45) is 0. The van der Waals surface area contributed by atoms with Gasteiger partial charge in [0.1, 0.15) is 11.5 Å². The van der Waals surface area contributed by atoms with Crippen LogP contribution in [-0.2, 0) is 9.53 Å². The minimum Gasteiger partial charge on any atom is -0.508 e. The van der Waals surface area contributed by atoms with Crippen LogP contribution in [0.15, 0.2) is 59.4 Å². The number of nitrogens with zero attached hydrogens (tertiary/aromatic N) is 2. The number of anilines is 1. The topological polar surface area (TPSA) is 97.1 Å². The Labute approximate surface area is 183 Å². The second kappa shape index (κ2) is 9.07. The van der Waals surface area contributed by atoms with Crippen LogP contribution in [0, 0.1) is 0 Å². The van der Waals surface area contributed by atoms with Gasteiger partial charge in [-0.2, -0.15) is 0 Å². The van der Waals surface area contributed by atoms with Gasteiger partial charge in [-0.15, -0.1) is 11.3 Å². The van der Waals surface area contributed by atoms with Gasteiger partial charge in [-0.3, -0.25) is 15.2 Å². The fourth-order valence-electron chi connectivity index (χ4n) is 3.07. The Balaban J connectivity index is 1.72. The van der Waals surface area contributed by atoms with Crippen LogP contribution in [0.5, 0.6) is 11.5 Å². The van der Waals surface area contributed by atoms with Gasteiger partial charge in [-0.05, 0) is 48.0 Å². The number of hydrogen-bond acceptors (Lipinski definition) is 7. The number of carbonyl (C=O) groups is 1. The zero-order chi connectivity index (χ0) is 21.8. The summed E-state index contributed by atoms with van der Waals surface area (Å²) >= 11 is 1.48. The second-order valence-corrected chi connectivity index (χ2v) is 7.64. The molecule has 0 radical (unpaired) electrons. The maximum atomic E-state index is 11.7. The number of fused-ring (bicyclic) bond motifs is 1. The Morgan fingerprint density at radius 3 is 2.94 bits per heavy atom. The number of amides is 1.